The van der Waals surface area contributed by atoms with Crippen LogP contribution in [0.15, 0.2) is 28.2 Å². The Morgan fingerprint density at radius 1 is 1.39 bits per heavy atom. The molecule has 5 heteroatoms. The molecule has 0 atom stereocenters. The summed E-state index contributed by atoms with van der Waals surface area (Å²) in [5.41, 5.74) is 0. The molecule has 2 heterocycles. The molecule has 0 aromatic carbocycles. The second-order valence-electron chi connectivity index (χ2n) is 4.34. The van der Waals surface area contributed by atoms with E-state index in [2.05, 4.69) is 62.6 Å². The number of anilines is 1. The van der Waals surface area contributed by atoms with Gasteiger partial charge in [-0.1, -0.05) is 19.9 Å². The number of hydrogen-bond donors (Lipinski definition) is 1. The Labute approximate surface area is 120 Å². The van der Waals surface area contributed by atoms with Gasteiger partial charge in [0.2, 0.25) is 0 Å². The maximum Gasteiger partial charge on any atom is 0.134 e. The van der Waals surface area contributed by atoms with Gasteiger partial charge >= 0.3 is 0 Å². The van der Waals surface area contributed by atoms with E-state index in [1.807, 2.05) is 6.07 Å². The summed E-state index contributed by atoms with van der Waals surface area (Å²) < 4.78 is 0.833. The van der Waals surface area contributed by atoms with Crippen molar-refractivity contribution in [2.75, 3.05) is 11.9 Å². The van der Waals surface area contributed by atoms with Crippen molar-refractivity contribution in [1.82, 2.24) is 9.97 Å². The van der Waals surface area contributed by atoms with Crippen molar-refractivity contribution in [2.24, 2.45) is 0 Å². The van der Waals surface area contributed by atoms with Crippen LogP contribution in [-0.4, -0.2) is 16.5 Å². The van der Waals surface area contributed by atoms with E-state index >= 15 is 0 Å². The van der Waals surface area contributed by atoms with Gasteiger partial charge in [0.15, 0.2) is 0 Å². The van der Waals surface area contributed by atoms with Crippen molar-refractivity contribution in [2.45, 2.75) is 26.2 Å². The summed E-state index contributed by atoms with van der Waals surface area (Å²) in [5.74, 6) is 2.08. The Morgan fingerprint density at radius 2 is 2.22 bits per heavy atom. The summed E-state index contributed by atoms with van der Waals surface area (Å²) in [5, 5.41) is 5.45. The maximum atomic E-state index is 4.50. The molecule has 1 N–H and O–H groups in total. The molecule has 2 rings (SSSR count). The Balaban J connectivity index is 1.96. The average molecular weight is 326 g/mol. The van der Waals surface area contributed by atoms with Crippen molar-refractivity contribution in [3.63, 3.8) is 0 Å². The highest BCUT2D eigenvalue weighted by Gasteiger charge is 2.06. The third-order valence-corrected chi connectivity index (χ3v) is 3.83. The van der Waals surface area contributed by atoms with Crippen molar-refractivity contribution >= 4 is 33.1 Å². The van der Waals surface area contributed by atoms with E-state index < -0.39 is 0 Å². The number of thiophene rings is 1. The van der Waals surface area contributed by atoms with Gasteiger partial charge in [-0.2, -0.15) is 0 Å². The molecule has 0 aliphatic heterocycles. The summed E-state index contributed by atoms with van der Waals surface area (Å²) in [6, 6.07) is 6.15. The molecule has 2 aromatic rings. The lowest BCUT2D eigenvalue weighted by Crippen LogP contribution is -2.08. The van der Waals surface area contributed by atoms with Crippen molar-refractivity contribution in [1.29, 1.82) is 0 Å². The summed E-state index contributed by atoms with van der Waals surface area (Å²) in [4.78, 5) is 10.3. The molecule has 2 aromatic heterocycles. The lowest BCUT2D eigenvalue weighted by Gasteiger charge is -2.09. The van der Waals surface area contributed by atoms with Crippen LogP contribution in [0.3, 0.4) is 0 Å². The first-order valence-electron chi connectivity index (χ1n) is 5.96. The van der Waals surface area contributed by atoms with Gasteiger partial charge in [-0.05, 0) is 33.8 Å². The molecule has 0 aliphatic carbocycles. The molecule has 0 unspecified atom stereocenters. The Hall–Kier alpha value is -0.940. The van der Waals surface area contributed by atoms with Crippen LogP contribution in [0, 0.1) is 0 Å². The maximum absolute atomic E-state index is 4.50. The van der Waals surface area contributed by atoms with Crippen LogP contribution in [0.1, 0.15) is 30.5 Å². The van der Waals surface area contributed by atoms with Gasteiger partial charge in [0.1, 0.15) is 16.2 Å². The van der Waals surface area contributed by atoms with Gasteiger partial charge in [0, 0.05) is 23.4 Å². The largest absolute Gasteiger partial charge is 0.370 e. The lowest BCUT2D eigenvalue weighted by atomic mass is 10.2. The standard InChI is InChI=1S/C13H16BrN3S/c1-9(2)13-16-11(14)8-12(17-13)15-6-5-10-4-3-7-18-10/h3-4,7-9H,5-6H2,1-2H3,(H,15,16,17). The minimum atomic E-state index is 0.334. The smallest absolute Gasteiger partial charge is 0.134 e. The third kappa shape index (κ3) is 3.78. The van der Waals surface area contributed by atoms with Gasteiger partial charge in [-0.3, -0.25) is 0 Å². The molecule has 0 bridgehead atoms. The van der Waals surface area contributed by atoms with E-state index in [1.54, 1.807) is 11.3 Å². The SMILES string of the molecule is CC(C)c1nc(Br)cc(NCCc2cccs2)n1. The van der Waals surface area contributed by atoms with Gasteiger partial charge in [-0.15, -0.1) is 11.3 Å². The molecule has 18 heavy (non-hydrogen) atoms. The first-order chi connectivity index (χ1) is 8.65. The van der Waals surface area contributed by atoms with Gasteiger partial charge in [-0.25, -0.2) is 9.97 Å². The average Bonchev–Trinajstić information content (AvgIpc) is 2.81. The van der Waals surface area contributed by atoms with E-state index in [9.17, 15) is 0 Å². The number of aromatic nitrogens is 2. The second kappa shape index (κ2) is 6.29. The topological polar surface area (TPSA) is 37.8 Å². The summed E-state index contributed by atoms with van der Waals surface area (Å²) in [6.07, 6.45) is 1.02. The minimum Gasteiger partial charge on any atom is -0.370 e. The molecule has 3 nitrogen and oxygen atoms in total. The highest BCUT2D eigenvalue weighted by molar-refractivity contribution is 9.10. The molecule has 0 amide bonds. The minimum absolute atomic E-state index is 0.334. The van der Waals surface area contributed by atoms with E-state index in [0.717, 1.165) is 29.2 Å². The molecular formula is C13H16BrN3S. The number of nitrogens with one attached hydrogen (secondary N) is 1. The van der Waals surface area contributed by atoms with Gasteiger partial charge < -0.3 is 5.32 Å². The van der Waals surface area contributed by atoms with E-state index in [0.29, 0.717) is 5.92 Å². The third-order valence-electron chi connectivity index (χ3n) is 2.49. The van der Waals surface area contributed by atoms with Crippen LogP contribution in [0.4, 0.5) is 5.82 Å². The predicted octanol–water partition coefficient (Wildman–Crippen LogP) is 4.08. The van der Waals surface area contributed by atoms with E-state index in [1.165, 1.54) is 4.88 Å². The monoisotopic (exact) mass is 325 g/mol. The number of hydrogen-bond acceptors (Lipinski definition) is 4. The van der Waals surface area contributed by atoms with Crippen LogP contribution < -0.4 is 5.32 Å². The van der Waals surface area contributed by atoms with Crippen molar-refractivity contribution in [3.8, 4) is 0 Å². The number of rotatable bonds is 5. The van der Waals surface area contributed by atoms with Crippen LogP contribution in [-0.2, 0) is 6.42 Å². The highest BCUT2D eigenvalue weighted by atomic mass is 79.9. The van der Waals surface area contributed by atoms with Crippen molar-refractivity contribution < 1.29 is 0 Å². The fourth-order valence-electron chi connectivity index (χ4n) is 1.55. The first-order valence-corrected chi connectivity index (χ1v) is 7.63. The molecule has 0 saturated heterocycles. The quantitative estimate of drug-likeness (QED) is 0.842. The Morgan fingerprint density at radius 3 is 2.89 bits per heavy atom. The first kappa shape index (κ1) is 13.5. The van der Waals surface area contributed by atoms with Crippen LogP contribution >= 0.6 is 27.3 Å². The van der Waals surface area contributed by atoms with Crippen LogP contribution in [0.25, 0.3) is 0 Å². The van der Waals surface area contributed by atoms with Crippen LogP contribution in [0.5, 0.6) is 0 Å². The molecule has 0 aliphatic rings. The number of halogens is 1. The number of nitrogens with zero attached hydrogens (tertiary/aromatic N) is 2. The lowest BCUT2D eigenvalue weighted by molar-refractivity contribution is 0.769. The second-order valence-corrected chi connectivity index (χ2v) is 6.19. The summed E-state index contributed by atoms with van der Waals surface area (Å²) >= 11 is 5.21. The molecule has 0 spiro atoms. The van der Waals surface area contributed by atoms with Gasteiger partial charge in [0.25, 0.3) is 0 Å². The molecule has 96 valence electrons. The van der Waals surface area contributed by atoms with Crippen molar-refractivity contribution in [3.05, 3.63) is 38.9 Å². The molecular weight excluding hydrogens is 310 g/mol. The molecule has 0 radical (unpaired) electrons. The zero-order valence-corrected chi connectivity index (χ0v) is 12.9. The Kier molecular flexibility index (Phi) is 4.72. The van der Waals surface area contributed by atoms with E-state index in [-0.39, 0.29) is 0 Å². The zero-order valence-electron chi connectivity index (χ0n) is 10.5. The predicted molar refractivity (Wildman–Crippen MR) is 80.3 cm³/mol. The van der Waals surface area contributed by atoms with Gasteiger partial charge in [0.05, 0.1) is 0 Å². The fourth-order valence-corrected chi connectivity index (χ4v) is 2.66. The van der Waals surface area contributed by atoms with E-state index in [4.69, 9.17) is 0 Å². The summed E-state index contributed by atoms with van der Waals surface area (Å²) in [6.45, 7) is 5.08. The Bertz CT molecular complexity index is 497. The summed E-state index contributed by atoms with van der Waals surface area (Å²) in [7, 11) is 0. The fraction of sp³-hybridized carbons (Fsp3) is 0.385. The highest BCUT2D eigenvalue weighted by Crippen LogP contribution is 2.17. The molecule has 0 saturated carbocycles. The molecule has 0 fully saturated rings. The van der Waals surface area contributed by atoms with Crippen LogP contribution in [0.2, 0.25) is 0 Å². The normalized spacial score (nSPS) is 10.9. The zero-order chi connectivity index (χ0) is 13.0.